The van der Waals surface area contributed by atoms with Crippen molar-refractivity contribution in [3.05, 3.63) is 35.9 Å². The fraction of sp³-hybridized carbons (Fsp3) is 0.273. The molecule has 7 heteroatoms. The van der Waals surface area contributed by atoms with Crippen molar-refractivity contribution in [3.8, 4) is 0 Å². The molecular formula is C11H13BN2O4. The van der Waals surface area contributed by atoms with Crippen molar-refractivity contribution in [3.63, 3.8) is 0 Å². The molecule has 1 atom stereocenters. The average Bonchev–Trinajstić information content (AvgIpc) is 3.10. The number of carbonyl (C=O) groups is 1. The van der Waals surface area contributed by atoms with Crippen molar-refractivity contribution in [2.24, 2.45) is 0 Å². The van der Waals surface area contributed by atoms with Crippen LogP contribution < -0.4 is 5.23 Å². The van der Waals surface area contributed by atoms with E-state index in [9.17, 15) is 4.79 Å². The Labute approximate surface area is 105 Å². The lowest BCUT2D eigenvalue weighted by Gasteiger charge is -2.15. The number of rotatable bonds is 6. The predicted molar refractivity (Wildman–Crippen MR) is 65.2 cm³/mol. The maximum absolute atomic E-state index is 10.7. The quantitative estimate of drug-likeness (QED) is 0.292. The second-order valence-electron chi connectivity index (χ2n) is 3.86. The summed E-state index contributed by atoms with van der Waals surface area (Å²) in [5, 5.41) is 19.4. The number of ether oxygens (including phenoxy) is 1. The third-order valence-corrected chi connectivity index (χ3v) is 2.48. The van der Waals surface area contributed by atoms with Crippen molar-refractivity contribution in [2.75, 3.05) is 6.61 Å². The van der Waals surface area contributed by atoms with Crippen molar-refractivity contribution in [1.82, 2.24) is 5.23 Å². The Bertz CT molecular complexity index is 440. The van der Waals surface area contributed by atoms with Crippen LogP contribution in [-0.2, 0) is 16.0 Å². The summed E-state index contributed by atoms with van der Waals surface area (Å²) >= 11 is 0. The molecule has 18 heavy (non-hydrogen) atoms. The van der Waals surface area contributed by atoms with Gasteiger partial charge in [0.15, 0.2) is 5.90 Å². The number of aliphatic hydroxyl groups is 1. The van der Waals surface area contributed by atoms with E-state index in [0.717, 1.165) is 5.56 Å². The summed E-state index contributed by atoms with van der Waals surface area (Å²) in [6.45, 7) is -0.0852. The molecule has 0 amide bonds. The Morgan fingerprint density at radius 2 is 2.17 bits per heavy atom. The molecule has 0 radical (unpaired) electrons. The van der Waals surface area contributed by atoms with Gasteiger partial charge in [-0.15, -0.1) is 0 Å². The van der Waals surface area contributed by atoms with E-state index in [2.05, 4.69) is 9.88 Å². The van der Waals surface area contributed by atoms with Gasteiger partial charge < -0.3 is 14.5 Å². The molecule has 94 valence electrons. The monoisotopic (exact) mass is 248 g/mol. The zero-order chi connectivity index (χ0) is 13.0. The van der Waals surface area contributed by atoms with Gasteiger partial charge in [-0.05, 0) is 5.56 Å². The van der Waals surface area contributed by atoms with Crippen LogP contribution >= 0.6 is 0 Å². The zero-order valence-electron chi connectivity index (χ0n) is 9.63. The molecule has 1 unspecified atom stereocenters. The van der Waals surface area contributed by atoms with Crippen molar-refractivity contribution >= 4 is 18.8 Å². The number of aliphatic hydroxyl groups excluding tert-OH is 1. The number of hydrogen-bond acceptors (Lipinski definition) is 6. The first-order valence-corrected chi connectivity index (χ1v) is 5.53. The minimum Gasteiger partial charge on any atom is -0.515 e. The number of benzene rings is 1. The van der Waals surface area contributed by atoms with Crippen LogP contribution in [-0.4, -0.2) is 36.6 Å². The molecule has 1 heterocycles. The Morgan fingerprint density at radius 1 is 1.50 bits per heavy atom. The summed E-state index contributed by atoms with van der Waals surface area (Å²) in [7, 11) is -0.720. The Kier molecular flexibility index (Phi) is 3.96. The van der Waals surface area contributed by atoms with Gasteiger partial charge in [0.05, 0.1) is 6.61 Å². The lowest BCUT2D eigenvalue weighted by atomic mass is 9.94. The van der Waals surface area contributed by atoms with Crippen molar-refractivity contribution in [1.29, 1.82) is 5.41 Å². The molecule has 1 aromatic carbocycles. The van der Waals surface area contributed by atoms with Crippen LogP contribution in [0, 0.1) is 5.41 Å². The van der Waals surface area contributed by atoms with Gasteiger partial charge in [-0.25, -0.2) is 0 Å². The highest BCUT2D eigenvalue weighted by molar-refractivity contribution is 6.95. The summed E-state index contributed by atoms with van der Waals surface area (Å²) < 4.78 is 9.79. The molecule has 0 aromatic heterocycles. The second kappa shape index (κ2) is 5.66. The number of hydrogen-bond donors (Lipinski definition) is 3. The van der Waals surface area contributed by atoms with Gasteiger partial charge in [-0.1, -0.05) is 30.3 Å². The Hall–Kier alpha value is -1.86. The van der Waals surface area contributed by atoms with E-state index >= 15 is 0 Å². The van der Waals surface area contributed by atoms with Crippen LogP contribution in [0.5, 0.6) is 0 Å². The van der Waals surface area contributed by atoms with Gasteiger partial charge in [0.1, 0.15) is 12.6 Å². The van der Waals surface area contributed by atoms with Gasteiger partial charge in [0.2, 0.25) is 0 Å². The first-order valence-electron chi connectivity index (χ1n) is 5.53. The minimum absolute atomic E-state index is 0.121. The van der Waals surface area contributed by atoms with Crippen LogP contribution in [0.2, 0.25) is 0 Å². The summed E-state index contributed by atoms with van der Waals surface area (Å²) in [5.74, 6) is -0.506. The maximum Gasteiger partial charge on any atom is 0.572 e. The Morgan fingerprint density at radius 3 is 2.72 bits per heavy atom. The molecule has 1 aliphatic rings. The van der Waals surface area contributed by atoms with Crippen molar-refractivity contribution < 1.29 is 19.3 Å². The van der Waals surface area contributed by atoms with E-state index < -0.39 is 13.1 Å². The van der Waals surface area contributed by atoms with Crippen LogP contribution in [0.25, 0.3) is 0 Å². The lowest BCUT2D eigenvalue weighted by molar-refractivity contribution is 0.232. The molecule has 0 spiro atoms. The van der Waals surface area contributed by atoms with Gasteiger partial charge in [0, 0.05) is 0 Å². The molecule has 1 aromatic rings. The molecule has 0 bridgehead atoms. The topological polar surface area (TPSA) is 94.9 Å². The van der Waals surface area contributed by atoms with E-state index in [4.69, 9.17) is 15.3 Å². The highest BCUT2D eigenvalue weighted by Gasteiger charge is 2.48. The van der Waals surface area contributed by atoms with Crippen LogP contribution in [0.3, 0.4) is 0 Å². The van der Waals surface area contributed by atoms with Crippen molar-refractivity contribution in [2.45, 2.75) is 12.6 Å². The van der Waals surface area contributed by atoms with Crippen LogP contribution in [0.1, 0.15) is 5.56 Å². The fourth-order valence-corrected chi connectivity index (χ4v) is 1.41. The normalized spacial score (nSPS) is 14.9. The van der Waals surface area contributed by atoms with Gasteiger partial charge >= 0.3 is 12.9 Å². The first kappa shape index (κ1) is 12.6. The van der Waals surface area contributed by atoms with Crippen LogP contribution in [0.15, 0.2) is 30.3 Å². The Balaban J connectivity index is 1.80. The highest BCUT2D eigenvalue weighted by Crippen LogP contribution is 2.07. The molecule has 0 saturated carbocycles. The number of nitrogens with one attached hydrogen (secondary N) is 2. The smallest absolute Gasteiger partial charge is 0.515 e. The van der Waals surface area contributed by atoms with E-state index in [0.29, 0.717) is 0 Å². The lowest BCUT2D eigenvalue weighted by Crippen LogP contribution is -2.44. The first-order chi connectivity index (χ1) is 8.70. The van der Waals surface area contributed by atoms with Gasteiger partial charge in [0.25, 0.3) is 0 Å². The molecule has 1 fully saturated rings. The van der Waals surface area contributed by atoms with Gasteiger partial charge in [-0.3, -0.25) is 15.4 Å². The molecular weight excluding hydrogens is 235 g/mol. The van der Waals surface area contributed by atoms with E-state index in [-0.39, 0.29) is 25.0 Å². The van der Waals surface area contributed by atoms with Crippen LogP contribution in [0.4, 0.5) is 4.79 Å². The van der Waals surface area contributed by atoms with E-state index in [1.54, 1.807) is 0 Å². The molecule has 1 saturated heterocycles. The van der Waals surface area contributed by atoms with Gasteiger partial charge in [-0.2, -0.15) is 0 Å². The standard InChI is InChI=1S/C11H13BN2O4/c13-10(9(6-15)14-12-11(16)18-12)17-7-8-4-2-1-3-5-8/h1-5,9,13-15H,6-7H2. The fourth-order valence-electron chi connectivity index (χ4n) is 1.41. The predicted octanol–water partition coefficient (Wildman–Crippen LogP) is 0.351. The highest BCUT2D eigenvalue weighted by atomic mass is 16.6. The molecule has 1 aliphatic heterocycles. The maximum atomic E-state index is 10.7. The molecule has 3 N–H and O–H groups in total. The largest absolute Gasteiger partial charge is 0.572 e. The molecule has 0 aliphatic carbocycles. The third kappa shape index (κ3) is 3.32. The summed E-state index contributed by atoms with van der Waals surface area (Å²) in [5.41, 5.74) is 0.928. The molecule has 6 nitrogen and oxygen atoms in total. The zero-order valence-corrected chi connectivity index (χ0v) is 9.63. The molecule has 2 rings (SSSR count). The summed E-state index contributed by atoms with van der Waals surface area (Å²) in [6, 6.07) is 8.67. The summed E-state index contributed by atoms with van der Waals surface area (Å²) in [4.78, 5) is 10.7. The van der Waals surface area contributed by atoms with E-state index in [1.165, 1.54) is 0 Å². The third-order valence-electron chi connectivity index (χ3n) is 2.48. The minimum atomic E-state index is -0.731. The summed E-state index contributed by atoms with van der Waals surface area (Å²) in [6.07, 6.45) is 0. The second-order valence-corrected chi connectivity index (χ2v) is 3.86. The average molecular weight is 248 g/mol. The SMILES string of the molecule is N=C(OCc1ccccc1)C(CO)NB1OC1=O. The number of carbonyl (C=O) groups excluding carboxylic acids is 1. The van der Waals surface area contributed by atoms with E-state index in [1.807, 2.05) is 30.3 Å².